The molecule has 1 aliphatic rings. The first-order chi connectivity index (χ1) is 14.1. The number of nitrogens with zero attached hydrogens (tertiary/aromatic N) is 3. The van der Waals surface area contributed by atoms with E-state index in [2.05, 4.69) is 30.9 Å². The molecule has 1 aromatic heterocycles. The summed E-state index contributed by atoms with van der Waals surface area (Å²) in [6, 6.07) is 15.2. The van der Waals surface area contributed by atoms with Crippen LogP contribution in [0.5, 0.6) is 0 Å². The summed E-state index contributed by atoms with van der Waals surface area (Å²) in [6.45, 7) is 0. The Morgan fingerprint density at radius 3 is 1.72 bits per heavy atom. The summed E-state index contributed by atoms with van der Waals surface area (Å²) >= 11 is 12.2. The summed E-state index contributed by atoms with van der Waals surface area (Å²) < 4.78 is 0. The van der Waals surface area contributed by atoms with E-state index in [1.807, 2.05) is 48.5 Å². The first-order valence-electron chi connectivity index (χ1n) is 9.72. The van der Waals surface area contributed by atoms with Crippen molar-refractivity contribution < 1.29 is 0 Å². The van der Waals surface area contributed by atoms with Gasteiger partial charge in [0.1, 0.15) is 0 Å². The Kier molecular flexibility index (Phi) is 6.32. The second-order valence-electron chi connectivity index (χ2n) is 7.06. The van der Waals surface area contributed by atoms with Crippen molar-refractivity contribution >= 4 is 52.4 Å². The fourth-order valence-corrected chi connectivity index (χ4v) is 3.75. The summed E-state index contributed by atoms with van der Waals surface area (Å²) in [7, 11) is 0. The Balaban J connectivity index is 1.60. The van der Waals surface area contributed by atoms with Gasteiger partial charge in [-0.25, -0.2) is 0 Å². The zero-order chi connectivity index (χ0) is 20.1. The molecule has 0 unspecified atom stereocenters. The first kappa shape index (κ1) is 19.7. The van der Waals surface area contributed by atoms with E-state index in [0.717, 1.165) is 24.2 Å². The van der Waals surface area contributed by atoms with Crippen LogP contribution in [-0.4, -0.2) is 21.0 Å². The van der Waals surface area contributed by atoms with Gasteiger partial charge in [-0.15, -0.1) is 0 Å². The summed E-state index contributed by atoms with van der Waals surface area (Å²) in [4.78, 5) is 13.6. The number of rotatable bonds is 6. The van der Waals surface area contributed by atoms with Gasteiger partial charge in [0, 0.05) is 27.5 Å². The molecule has 0 amide bonds. The summed E-state index contributed by atoms with van der Waals surface area (Å²) in [5.41, 5.74) is 1.61. The van der Waals surface area contributed by atoms with E-state index < -0.39 is 0 Å². The molecule has 1 heterocycles. The summed E-state index contributed by atoms with van der Waals surface area (Å²) in [6.07, 6.45) is 5.99. The first-order valence-corrected chi connectivity index (χ1v) is 10.5. The lowest BCUT2D eigenvalue weighted by atomic mass is 9.96. The van der Waals surface area contributed by atoms with Crippen molar-refractivity contribution in [2.75, 3.05) is 16.0 Å². The maximum Gasteiger partial charge on any atom is 0.233 e. The second kappa shape index (κ2) is 9.29. The molecule has 6 nitrogen and oxygen atoms in total. The van der Waals surface area contributed by atoms with Gasteiger partial charge in [0.2, 0.25) is 17.8 Å². The molecule has 0 bridgehead atoms. The SMILES string of the molecule is Clc1cccc(Nc2nc(Nc3cccc(Cl)c3)nc(NC3CCCCC3)n2)c1. The van der Waals surface area contributed by atoms with Crippen molar-refractivity contribution in [3.05, 3.63) is 58.6 Å². The van der Waals surface area contributed by atoms with Crippen molar-refractivity contribution in [1.82, 2.24) is 15.0 Å². The average Bonchev–Trinajstić information content (AvgIpc) is 2.69. The number of halogens is 2. The fourth-order valence-electron chi connectivity index (χ4n) is 3.37. The predicted molar refractivity (Wildman–Crippen MR) is 120 cm³/mol. The zero-order valence-electron chi connectivity index (χ0n) is 15.8. The Labute approximate surface area is 180 Å². The molecule has 3 N–H and O–H groups in total. The molecular formula is C21H22Cl2N6. The molecule has 0 atom stereocenters. The van der Waals surface area contributed by atoms with Crippen LogP contribution in [-0.2, 0) is 0 Å². The molecule has 0 saturated heterocycles. The van der Waals surface area contributed by atoms with Crippen molar-refractivity contribution in [1.29, 1.82) is 0 Å². The predicted octanol–water partition coefficient (Wildman–Crippen LogP) is 6.41. The minimum atomic E-state index is 0.379. The van der Waals surface area contributed by atoms with Crippen LogP contribution < -0.4 is 16.0 Å². The Morgan fingerprint density at radius 1 is 0.690 bits per heavy atom. The molecule has 2 aromatic carbocycles. The molecule has 1 saturated carbocycles. The highest BCUT2D eigenvalue weighted by Crippen LogP contribution is 2.24. The number of anilines is 5. The Bertz CT molecular complexity index is 909. The van der Waals surface area contributed by atoms with Gasteiger partial charge in [-0.2, -0.15) is 15.0 Å². The van der Waals surface area contributed by atoms with Crippen molar-refractivity contribution in [3.8, 4) is 0 Å². The number of hydrogen-bond donors (Lipinski definition) is 3. The van der Waals surface area contributed by atoms with Gasteiger partial charge in [-0.3, -0.25) is 0 Å². The molecule has 0 radical (unpaired) electrons. The van der Waals surface area contributed by atoms with E-state index in [9.17, 15) is 0 Å². The van der Waals surface area contributed by atoms with E-state index in [0.29, 0.717) is 33.9 Å². The third kappa shape index (κ3) is 5.71. The van der Waals surface area contributed by atoms with Gasteiger partial charge in [-0.1, -0.05) is 54.6 Å². The molecule has 29 heavy (non-hydrogen) atoms. The monoisotopic (exact) mass is 428 g/mol. The van der Waals surface area contributed by atoms with Crippen LogP contribution in [0.4, 0.5) is 29.2 Å². The van der Waals surface area contributed by atoms with Crippen LogP contribution in [0.3, 0.4) is 0 Å². The molecule has 1 aliphatic carbocycles. The van der Waals surface area contributed by atoms with E-state index in [1.165, 1.54) is 19.3 Å². The van der Waals surface area contributed by atoms with Crippen LogP contribution in [0.2, 0.25) is 10.0 Å². The maximum atomic E-state index is 6.09. The second-order valence-corrected chi connectivity index (χ2v) is 7.93. The third-order valence-corrected chi connectivity index (χ3v) is 5.21. The lowest BCUT2D eigenvalue weighted by molar-refractivity contribution is 0.461. The van der Waals surface area contributed by atoms with Crippen molar-refractivity contribution in [2.24, 2.45) is 0 Å². The standard InChI is InChI=1S/C21H22Cl2N6/c22-14-6-4-10-17(12-14)25-20-27-19(24-16-8-2-1-3-9-16)28-21(29-20)26-18-11-5-7-15(23)13-18/h4-7,10-13,16H,1-3,8-9H2,(H3,24,25,26,27,28,29). The quantitative estimate of drug-likeness (QED) is 0.420. The summed E-state index contributed by atoms with van der Waals surface area (Å²) in [5.74, 6) is 1.41. The molecule has 150 valence electrons. The number of nitrogens with one attached hydrogen (secondary N) is 3. The minimum Gasteiger partial charge on any atom is -0.351 e. The van der Waals surface area contributed by atoms with Gasteiger partial charge >= 0.3 is 0 Å². The number of aromatic nitrogens is 3. The van der Waals surface area contributed by atoms with Crippen LogP contribution in [0.25, 0.3) is 0 Å². The highest BCUT2D eigenvalue weighted by Gasteiger charge is 2.16. The molecule has 0 spiro atoms. The number of benzene rings is 2. The number of hydrogen-bond acceptors (Lipinski definition) is 6. The maximum absolute atomic E-state index is 6.09. The third-order valence-electron chi connectivity index (χ3n) is 4.74. The molecule has 1 fully saturated rings. The van der Waals surface area contributed by atoms with Crippen LogP contribution in [0, 0.1) is 0 Å². The normalized spacial score (nSPS) is 14.4. The van der Waals surface area contributed by atoms with Gasteiger partial charge in [-0.05, 0) is 49.2 Å². The van der Waals surface area contributed by atoms with E-state index in [4.69, 9.17) is 23.2 Å². The minimum absolute atomic E-state index is 0.379. The average molecular weight is 429 g/mol. The molecule has 4 rings (SSSR count). The van der Waals surface area contributed by atoms with Crippen LogP contribution in [0.15, 0.2) is 48.5 Å². The molecule has 0 aliphatic heterocycles. The van der Waals surface area contributed by atoms with Gasteiger partial charge in [0.15, 0.2) is 0 Å². The lowest BCUT2D eigenvalue weighted by Crippen LogP contribution is -2.24. The van der Waals surface area contributed by atoms with Crippen LogP contribution >= 0.6 is 23.2 Å². The lowest BCUT2D eigenvalue weighted by Gasteiger charge is -2.23. The van der Waals surface area contributed by atoms with Crippen molar-refractivity contribution in [2.45, 2.75) is 38.1 Å². The molecular weight excluding hydrogens is 407 g/mol. The van der Waals surface area contributed by atoms with Crippen molar-refractivity contribution in [3.63, 3.8) is 0 Å². The zero-order valence-corrected chi connectivity index (χ0v) is 17.3. The highest BCUT2D eigenvalue weighted by atomic mass is 35.5. The fraction of sp³-hybridized carbons (Fsp3) is 0.286. The van der Waals surface area contributed by atoms with Gasteiger partial charge in [0.05, 0.1) is 0 Å². The van der Waals surface area contributed by atoms with E-state index in [-0.39, 0.29) is 0 Å². The van der Waals surface area contributed by atoms with Gasteiger partial charge < -0.3 is 16.0 Å². The smallest absolute Gasteiger partial charge is 0.233 e. The highest BCUT2D eigenvalue weighted by molar-refractivity contribution is 6.31. The van der Waals surface area contributed by atoms with E-state index in [1.54, 1.807) is 0 Å². The topological polar surface area (TPSA) is 74.8 Å². The largest absolute Gasteiger partial charge is 0.351 e. The molecule has 3 aromatic rings. The molecule has 8 heteroatoms. The Morgan fingerprint density at radius 2 is 1.21 bits per heavy atom. The van der Waals surface area contributed by atoms with Gasteiger partial charge in [0.25, 0.3) is 0 Å². The summed E-state index contributed by atoms with van der Waals surface area (Å²) in [5, 5.41) is 11.2. The van der Waals surface area contributed by atoms with Crippen LogP contribution in [0.1, 0.15) is 32.1 Å². The van der Waals surface area contributed by atoms with E-state index >= 15 is 0 Å². The Hall–Kier alpha value is -2.57.